The Labute approximate surface area is 121 Å². The number of hydrogen-bond donors (Lipinski definition) is 1. The average Bonchev–Trinajstić information content (AvgIpc) is 2.95. The molecule has 108 valence electrons. The summed E-state index contributed by atoms with van der Waals surface area (Å²) in [6.45, 7) is 5.70. The van der Waals surface area contributed by atoms with E-state index in [0.717, 1.165) is 37.3 Å². The van der Waals surface area contributed by atoms with Gasteiger partial charge in [0, 0.05) is 25.6 Å². The topological polar surface area (TPSA) is 24.5 Å². The zero-order valence-electron chi connectivity index (χ0n) is 12.1. The van der Waals surface area contributed by atoms with Crippen LogP contribution in [-0.4, -0.2) is 37.2 Å². The SMILES string of the molecule is c1cc2c(cc1CN1CCC3NCCCC3C1)CCO2. The summed E-state index contributed by atoms with van der Waals surface area (Å²) in [6, 6.07) is 7.54. The minimum Gasteiger partial charge on any atom is -0.493 e. The van der Waals surface area contributed by atoms with Crippen molar-refractivity contribution in [1.29, 1.82) is 0 Å². The predicted octanol–water partition coefficient (Wildman–Crippen LogP) is 2.20. The van der Waals surface area contributed by atoms with Gasteiger partial charge in [-0.15, -0.1) is 0 Å². The number of rotatable bonds is 2. The largest absolute Gasteiger partial charge is 0.493 e. The molecule has 3 heteroatoms. The molecule has 2 unspecified atom stereocenters. The molecular formula is C17H24N2O. The van der Waals surface area contributed by atoms with Crippen LogP contribution in [0.1, 0.15) is 30.4 Å². The zero-order chi connectivity index (χ0) is 13.4. The van der Waals surface area contributed by atoms with E-state index in [1.54, 1.807) is 0 Å². The highest BCUT2D eigenvalue weighted by atomic mass is 16.5. The van der Waals surface area contributed by atoms with E-state index in [2.05, 4.69) is 28.4 Å². The van der Waals surface area contributed by atoms with E-state index >= 15 is 0 Å². The van der Waals surface area contributed by atoms with Crippen molar-refractivity contribution in [2.24, 2.45) is 5.92 Å². The van der Waals surface area contributed by atoms with Gasteiger partial charge in [0.2, 0.25) is 0 Å². The molecule has 0 saturated carbocycles. The number of hydrogen-bond acceptors (Lipinski definition) is 3. The molecule has 3 aliphatic rings. The van der Waals surface area contributed by atoms with Crippen molar-refractivity contribution in [2.45, 2.75) is 38.3 Å². The van der Waals surface area contributed by atoms with Gasteiger partial charge in [0.05, 0.1) is 6.61 Å². The van der Waals surface area contributed by atoms with Crippen molar-refractivity contribution in [3.63, 3.8) is 0 Å². The van der Waals surface area contributed by atoms with Gasteiger partial charge in [-0.2, -0.15) is 0 Å². The summed E-state index contributed by atoms with van der Waals surface area (Å²) in [5, 5.41) is 3.70. The minimum absolute atomic E-state index is 0.786. The van der Waals surface area contributed by atoms with Crippen LogP contribution in [0.2, 0.25) is 0 Å². The molecule has 4 rings (SSSR count). The first-order chi connectivity index (χ1) is 9.88. The van der Waals surface area contributed by atoms with Gasteiger partial charge < -0.3 is 10.1 Å². The van der Waals surface area contributed by atoms with E-state index in [4.69, 9.17) is 4.74 Å². The third-order valence-corrected chi connectivity index (χ3v) is 5.14. The molecule has 2 atom stereocenters. The number of likely N-dealkylation sites (tertiary alicyclic amines) is 1. The average molecular weight is 272 g/mol. The fourth-order valence-corrected chi connectivity index (χ4v) is 4.06. The van der Waals surface area contributed by atoms with Crippen molar-refractivity contribution in [2.75, 3.05) is 26.2 Å². The van der Waals surface area contributed by atoms with E-state index < -0.39 is 0 Å². The lowest BCUT2D eigenvalue weighted by Gasteiger charge is -2.41. The molecule has 2 fully saturated rings. The Balaban J connectivity index is 1.41. The minimum atomic E-state index is 0.786. The molecule has 20 heavy (non-hydrogen) atoms. The number of nitrogens with zero attached hydrogens (tertiary/aromatic N) is 1. The Morgan fingerprint density at radius 1 is 1.30 bits per heavy atom. The van der Waals surface area contributed by atoms with Crippen LogP contribution in [0.25, 0.3) is 0 Å². The second-order valence-electron chi connectivity index (χ2n) is 6.53. The number of nitrogens with one attached hydrogen (secondary N) is 1. The van der Waals surface area contributed by atoms with Crippen molar-refractivity contribution in [3.05, 3.63) is 29.3 Å². The fourth-order valence-electron chi connectivity index (χ4n) is 4.06. The third kappa shape index (κ3) is 2.45. The molecule has 0 amide bonds. The molecule has 1 N–H and O–H groups in total. The molecule has 3 nitrogen and oxygen atoms in total. The van der Waals surface area contributed by atoms with Gasteiger partial charge in [-0.25, -0.2) is 0 Å². The molecule has 1 aromatic rings. The summed E-state index contributed by atoms with van der Waals surface area (Å²) >= 11 is 0. The number of ether oxygens (including phenoxy) is 1. The van der Waals surface area contributed by atoms with Gasteiger partial charge in [0.25, 0.3) is 0 Å². The molecular weight excluding hydrogens is 248 g/mol. The molecule has 0 bridgehead atoms. The van der Waals surface area contributed by atoms with Crippen molar-refractivity contribution < 1.29 is 4.74 Å². The van der Waals surface area contributed by atoms with E-state index in [9.17, 15) is 0 Å². The van der Waals surface area contributed by atoms with Gasteiger partial charge in [-0.05, 0) is 55.5 Å². The van der Waals surface area contributed by atoms with Gasteiger partial charge in [0.1, 0.15) is 5.75 Å². The normalized spacial score (nSPS) is 29.6. The first kappa shape index (κ1) is 12.7. The predicted molar refractivity (Wildman–Crippen MR) is 80.0 cm³/mol. The Morgan fingerprint density at radius 2 is 2.30 bits per heavy atom. The van der Waals surface area contributed by atoms with Crippen LogP contribution in [-0.2, 0) is 13.0 Å². The number of piperidine rings is 2. The molecule has 0 aliphatic carbocycles. The number of benzene rings is 1. The van der Waals surface area contributed by atoms with Crippen LogP contribution >= 0.6 is 0 Å². The van der Waals surface area contributed by atoms with Crippen molar-refractivity contribution >= 4 is 0 Å². The van der Waals surface area contributed by atoms with Crippen molar-refractivity contribution in [3.8, 4) is 5.75 Å². The Hall–Kier alpha value is -1.06. The molecule has 3 aliphatic heterocycles. The van der Waals surface area contributed by atoms with Gasteiger partial charge in [-0.1, -0.05) is 12.1 Å². The summed E-state index contributed by atoms with van der Waals surface area (Å²) in [6.07, 6.45) is 5.16. The second kappa shape index (κ2) is 5.38. The Kier molecular flexibility index (Phi) is 3.41. The zero-order valence-corrected chi connectivity index (χ0v) is 12.1. The van der Waals surface area contributed by atoms with E-state index in [0.29, 0.717) is 0 Å². The highest BCUT2D eigenvalue weighted by Gasteiger charge is 2.30. The maximum absolute atomic E-state index is 5.59. The highest BCUT2D eigenvalue weighted by molar-refractivity contribution is 5.39. The third-order valence-electron chi connectivity index (χ3n) is 5.14. The van der Waals surface area contributed by atoms with Gasteiger partial charge in [-0.3, -0.25) is 4.90 Å². The highest BCUT2D eigenvalue weighted by Crippen LogP contribution is 2.28. The van der Waals surface area contributed by atoms with Crippen LogP contribution in [0, 0.1) is 5.92 Å². The summed E-state index contributed by atoms with van der Waals surface area (Å²) in [5.41, 5.74) is 2.85. The lowest BCUT2D eigenvalue weighted by molar-refractivity contribution is 0.109. The smallest absolute Gasteiger partial charge is 0.122 e. The van der Waals surface area contributed by atoms with Gasteiger partial charge >= 0.3 is 0 Å². The molecule has 2 saturated heterocycles. The van der Waals surface area contributed by atoms with Crippen LogP contribution < -0.4 is 10.1 Å². The summed E-state index contributed by atoms with van der Waals surface area (Å²) in [5.74, 6) is 1.97. The molecule has 0 radical (unpaired) electrons. The molecule has 0 spiro atoms. The van der Waals surface area contributed by atoms with Crippen molar-refractivity contribution in [1.82, 2.24) is 10.2 Å². The van der Waals surface area contributed by atoms with Crippen LogP contribution in [0.4, 0.5) is 0 Å². The van der Waals surface area contributed by atoms with Crippen LogP contribution in [0.15, 0.2) is 18.2 Å². The monoisotopic (exact) mass is 272 g/mol. The van der Waals surface area contributed by atoms with Crippen LogP contribution in [0.5, 0.6) is 5.75 Å². The molecule has 1 aromatic carbocycles. The quantitative estimate of drug-likeness (QED) is 0.893. The van der Waals surface area contributed by atoms with E-state index in [1.165, 1.54) is 50.0 Å². The van der Waals surface area contributed by atoms with E-state index in [1.807, 2.05) is 0 Å². The Bertz CT molecular complexity index is 488. The van der Waals surface area contributed by atoms with Gasteiger partial charge in [0.15, 0.2) is 0 Å². The maximum atomic E-state index is 5.59. The molecule has 0 aromatic heterocycles. The van der Waals surface area contributed by atoms with Crippen LogP contribution in [0.3, 0.4) is 0 Å². The summed E-state index contributed by atoms with van der Waals surface area (Å²) < 4.78 is 5.59. The maximum Gasteiger partial charge on any atom is 0.122 e. The lowest BCUT2D eigenvalue weighted by atomic mass is 9.85. The lowest BCUT2D eigenvalue weighted by Crippen LogP contribution is -2.51. The first-order valence-electron chi connectivity index (χ1n) is 8.09. The summed E-state index contributed by atoms with van der Waals surface area (Å²) in [7, 11) is 0. The number of fused-ring (bicyclic) bond motifs is 2. The standard InChI is InChI=1S/C17H24N2O/c1-2-15-12-19(8-5-16(15)18-7-1)11-13-3-4-17-14(10-13)6-9-20-17/h3-4,10,15-16,18H,1-2,5-9,11-12H2. The second-order valence-corrected chi connectivity index (χ2v) is 6.53. The summed E-state index contributed by atoms with van der Waals surface area (Å²) in [4.78, 5) is 2.64. The van der Waals surface area contributed by atoms with E-state index in [-0.39, 0.29) is 0 Å². The molecule has 3 heterocycles. The fraction of sp³-hybridized carbons (Fsp3) is 0.647. The first-order valence-corrected chi connectivity index (χ1v) is 8.09. The Morgan fingerprint density at radius 3 is 3.30 bits per heavy atom.